The Morgan fingerprint density at radius 1 is 1.29 bits per heavy atom. The van der Waals surface area contributed by atoms with Gasteiger partial charge in [0.15, 0.2) is 5.16 Å². The van der Waals surface area contributed by atoms with Crippen molar-refractivity contribution in [2.75, 3.05) is 11.1 Å². The van der Waals surface area contributed by atoms with Crippen LogP contribution >= 0.6 is 27.7 Å². The Balaban J connectivity index is 1.96. The number of rotatable bonds is 7. The Kier molecular flexibility index (Phi) is 6.86. The predicted octanol–water partition coefficient (Wildman–Crippen LogP) is 4.27. The third-order valence-electron chi connectivity index (χ3n) is 3.77. The second kappa shape index (κ2) is 8.67. The predicted molar refractivity (Wildman–Crippen MR) is 103 cm³/mol. The SMILES string of the molecule is CCCCc1nnc(SCC(=O)Nc2c(C)cc(Br)cc2C)n1C. The van der Waals surface area contributed by atoms with Crippen molar-refractivity contribution in [3.05, 3.63) is 33.6 Å². The number of nitrogens with zero attached hydrogens (tertiary/aromatic N) is 3. The normalized spacial score (nSPS) is 10.9. The highest BCUT2D eigenvalue weighted by Gasteiger charge is 2.13. The molecule has 7 heteroatoms. The summed E-state index contributed by atoms with van der Waals surface area (Å²) in [6.45, 7) is 6.13. The van der Waals surface area contributed by atoms with Crippen LogP contribution in [0.15, 0.2) is 21.8 Å². The van der Waals surface area contributed by atoms with Crippen LogP contribution < -0.4 is 5.32 Å². The van der Waals surface area contributed by atoms with Gasteiger partial charge in [-0.05, 0) is 43.5 Å². The Bertz CT molecular complexity index is 706. The first kappa shape index (κ1) is 19.0. The van der Waals surface area contributed by atoms with Crippen molar-refractivity contribution in [3.8, 4) is 0 Å². The van der Waals surface area contributed by atoms with Crippen LogP contribution in [0.4, 0.5) is 5.69 Å². The summed E-state index contributed by atoms with van der Waals surface area (Å²) in [7, 11) is 1.95. The van der Waals surface area contributed by atoms with Gasteiger partial charge in [-0.1, -0.05) is 41.0 Å². The van der Waals surface area contributed by atoms with Gasteiger partial charge in [-0.3, -0.25) is 4.79 Å². The van der Waals surface area contributed by atoms with E-state index in [0.29, 0.717) is 5.75 Å². The van der Waals surface area contributed by atoms with E-state index in [0.717, 1.165) is 51.5 Å². The molecule has 130 valence electrons. The number of anilines is 1. The molecular weight excluding hydrogens is 388 g/mol. The van der Waals surface area contributed by atoms with Crippen molar-refractivity contribution in [2.24, 2.45) is 7.05 Å². The van der Waals surface area contributed by atoms with E-state index < -0.39 is 0 Å². The van der Waals surface area contributed by atoms with E-state index in [4.69, 9.17) is 0 Å². The number of nitrogens with one attached hydrogen (secondary N) is 1. The maximum atomic E-state index is 12.3. The van der Waals surface area contributed by atoms with Gasteiger partial charge in [0.2, 0.25) is 5.91 Å². The number of carbonyl (C=O) groups is 1. The zero-order valence-corrected chi connectivity index (χ0v) is 16.9. The summed E-state index contributed by atoms with van der Waals surface area (Å²) in [6, 6.07) is 4.00. The first-order chi connectivity index (χ1) is 11.4. The molecule has 0 atom stereocenters. The minimum absolute atomic E-state index is 0.0355. The van der Waals surface area contributed by atoms with Gasteiger partial charge in [0, 0.05) is 23.6 Å². The lowest BCUT2D eigenvalue weighted by atomic mass is 10.1. The van der Waals surface area contributed by atoms with Gasteiger partial charge in [0.1, 0.15) is 5.82 Å². The molecule has 0 aliphatic heterocycles. The van der Waals surface area contributed by atoms with Gasteiger partial charge >= 0.3 is 0 Å². The smallest absolute Gasteiger partial charge is 0.234 e. The van der Waals surface area contributed by atoms with Crippen LogP contribution in [-0.4, -0.2) is 26.4 Å². The van der Waals surface area contributed by atoms with Crippen LogP contribution in [-0.2, 0) is 18.3 Å². The number of unbranched alkanes of at least 4 members (excludes halogenated alkanes) is 1. The Morgan fingerprint density at radius 2 is 1.96 bits per heavy atom. The van der Waals surface area contributed by atoms with Crippen molar-refractivity contribution in [1.82, 2.24) is 14.8 Å². The topological polar surface area (TPSA) is 59.8 Å². The number of aryl methyl sites for hydroxylation is 3. The van der Waals surface area contributed by atoms with E-state index >= 15 is 0 Å². The summed E-state index contributed by atoms with van der Waals surface area (Å²) >= 11 is 4.88. The molecule has 0 saturated carbocycles. The zero-order chi connectivity index (χ0) is 17.7. The van der Waals surface area contributed by atoms with Gasteiger partial charge in [-0.2, -0.15) is 0 Å². The monoisotopic (exact) mass is 410 g/mol. The molecule has 0 radical (unpaired) electrons. The van der Waals surface area contributed by atoms with E-state index in [2.05, 4.69) is 38.4 Å². The number of hydrogen-bond acceptors (Lipinski definition) is 4. The molecule has 0 fully saturated rings. The lowest BCUT2D eigenvalue weighted by Gasteiger charge is -2.12. The van der Waals surface area contributed by atoms with Crippen molar-refractivity contribution < 1.29 is 4.79 Å². The number of amides is 1. The number of thioether (sulfide) groups is 1. The summed E-state index contributed by atoms with van der Waals surface area (Å²) in [5.41, 5.74) is 2.96. The second-order valence-electron chi connectivity index (χ2n) is 5.81. The molecule has 0 saturated heterocycles. The minimum Gasteiger partial charge on any atom is -0.325 e. The number of benzene rings is 1. The maximum absolute atomic E-state index is 12.3. The van der Waals surface area contributed by atoms with Gasteiger partial charge in [0.25, 0.3) is 0 Å². The third-order valence-corrected chi connectivity index (χ3v) is 5.25. The molecule has 1 aromatic carbocycles. The van der Waals surface area contributed by atoms with Crippen molar-refractivity contribution in [2.45, 2.75) is 45.2 Å². The largest absolute Gasteiger partial charge is 0.325 e. The molecule has 2 rings (SSSR count). The molecule has 0 bridgehead atoms. The Hall–Kier alpha value is -1.34. The quantitative estimate of drug-likeness (QED) is 0.692. The number of hydrogen-bond donors (Lipinski definition) is 1. The fourth-order valence-electron chi connectivity index (χ4n) is 2.44. The summed E-state index contributed by atoms with van der Waals surface area (Å²) in [4.78, 5) is 12.3. The van der Waals surface area contributed by atoms with E-state index in [-0.39, 0.29) is 5.91 Å². The molecular formula is C17H23BrN4OS. The molecule has 5 nitrogen and oxygen atoms in total. The lowest BCUT2D eigenvalue weighted by Crippen LogP contribution is -2.16. The Labute approximate surface area is 155 Å². The van der Waals surface area contributed by atoms with Crippen LogP contribution in [0.3, 0.4) is 0 Å². The molecule has 0 aliphatic rings. The van der Waals surface area contributed by atoms with Crippen LogP contribution in [0, 0.1) is 13.8 Å². The molecule has 1 N–H and O–H groups in total. The average Bonchev–Trinajstić information content (AvgIpc) is 2.87. The standard InChI is InChI=1S/C17H23BrN4OS/c1-5-6-7-14-20-21-17(22(14)4)24-10-15(23)19-16-11(2)8-13(18)9-12(16)3/h8-9H,5-7,10H2,1-4H3,(H,19,23). The molecule has 0 unspecified atom stereocenters. The zero-order valence-electron chi connectivity index (χ0n) is 14.5. The van der Waals surface area contributed by atoms with Gasteiger partial charge in [-0.25, -0.2) is 0 Å². The van der Waals surface area contributed by atoms with E-state index in [1.807, 2.05) is 37.6 Å². The summed E-state index contributed by atoms with van der Waals surface area (Å²) in [6.07, 6.45) is 3.15. The van der Waals surface area contributed by atoms with Crippen LogP contribution in [0.5, 0.6) is 0 Å². The first-order valence-corrected chi connectivity index (χ1v) is 9.78. The van der Waals surface area contributed by atoms with Crippen molar-refractivity contribution in [3.63, 3.8) is 0 Å². The van der Waals surface area contributed by atoms with E-state index in [9.17, 15) is 4.79 Å². The maximum Gasteiger partial charge on any atom is 0.234 e. The summed E-state index contributed by atoms with van der Waals surface area (Å²) < 4.78 is 2.99. The highest BCUT2D eigenvalue weighted by atomic mass is 79.9. The highest BCUT2D eigenvalue weighted by molar-refractivity contribution is 9.10. The van der Waals surface area contributed by atoms with Crippen molar-refractivity contribution in [1.29, 1.82) is 0 Å². The second-order valence-corrected chi connectivity index (χ2v) is 7.67. The molecule has 0 spiro atoms. The number of carbonyl (C=O) groups excluding carboxylic acids is 1. The van der Waals surface area contributed by atoms with Gasteiger partial charge in [-0.15, -0.1) is 10.2 Å². The highest BCUT2D eigenvalue weighted by Crippen LogP contribution is 2.25. The molecule has 24 heavy (non-hydrogen) atoms. The Morgan fingerprint density at radius 3 is 2.58 bits per heavy atom. The lowest BCUT2D eigenvalue weighted by molar-refractivity contribution is -0.113. The minimum atomic E-state index is -0.0355. The van der Waals surface area contributed by atoms with E-state index in [1.54, 1.807) is 0 Å². The molecule has 2 aromatic rings. The van der Waals surface area contributed by atoms with Crippen molar-refractivity contribution >= 4 is 39.3 Å². The molecule has 1 amide bonds. The van der Waals surface area contributed by atoms with Gasteiger partial charge < -0.3 is 9.88 Å². The third kappa shape index (κ3) is 4.83. The van der Waals surface area contributed by atoms with Crippen LogP contribution in [0.25, 0.3) is 0 Å². The molecule has 1 aromatic heterocycles. The fourth-order valence-corrected chi connectivity index (χ4v) is 3.85. The van der Waals surface area contributed by atoms with E-state index in [1.165, 1.54) is 11.8 Å². The number of aromatic nitrogens is 3. The van der Waals surface area contributed by atoms with Gasteiger partial charge in [0.05, 0.1) is 5.75 Å². The molecule has 1 heterocycles. The first-order valence-electron chi connectivity index (χ1n) is 8.00. The number of halogens is 1. The fraction of sp³-hybridized carbons (Fsp3) is 0.471. The van der Waals surface area contributed by atoms with Crippen LogP contribution in [0.1, 0.15) is 36.7 Å². The summed E-state index contributed by atoms with van der Waals surface area (Å²) in [5, 5.41) is 12.2. The molecule has 0 aliphatic carbocycles. The summed E-state index contributed by atoms with van der Waals surface area (Å²) in [5.74, 6) is 1.25. The van der Waals surface area contributed by atoms with Crippen LogP contribution in [0.2, 0.25) is 0 Å². The average molecular weight is 411 g/mol.